The maximum atomic E-state index is 13.1. The Kier molecular flexibility index (Phi) is 4.48. The summed E-state index contributed by atoms with van der Waals surface area (Å²) in [4.78, 5) is 12.0. The van der Waals surface area contributed by atoms with Gasteiger partial charge in [0.05, 0.1) is 5.54 Å². The van der Waals surface area contributed by atoms with Crippen LogP contribution < -0.4 is 10.6 Å². The second kappa shape index (κ2) is 6.14. The molecular weight excluding hydrogens is 291 g/mol. The first-order valence-corrected chi connectivity index (χ1v) is 6.85. The smallest absolute Gasteiger partial charge is 0.319 e. The van der Waals surface area contributed by atoms with E-state index in [4.69, 9.17) is 11.6 Å². The lowest BCUT2D eigenvalue weighted by atomic mass is 9.94. The molecule has 0 fully saturated rings. The first-order chi connectivity index (χ1) is 9.87. The standard InChI is InChI=1S/C16H16ClFN2O/c1-16(2,11-6-8-12(17)9-7-11)20-15(21)19-14-5-3-4-13(18)10-14/h3-10H,1-2H3,(H2,19,20,21). The van der Waals surface area contributed by atoms with Gasteiger partial charge < -0.3 is 10.6 Å². The lowest BCUT2D eigenvalue weighted by Crippen LogP contribution is -2.43. The molecular formula is C16H16ClFN2O. The second-order valence-corrected chi connectivity index (χ2v) is 5.66. The molecule has 0 radical (unpaired) electrons. The molecule has 0 heterocycles. The third kappa shape index (κ3) is 4.20. The van der Waals surface area contributed by atoms with Gasteiger partial charge in [-0.15, -0.1) is 0 Å². The fraction of sp³-hybridized carbons (Fsp3) is 0.188. The molecule has 0 atom stereocenters. The predicted octanol–water partition coefficient (Wildman–Crippen LogP) is 4.54. The van der Waals surface area contributed by atoms with Crippen molar-refractivity contribution in [3.63, 3.8) is 0 Å². The minimum absolute atomic E-state index is 0.398. The number of halogens is 2. The average Bonchev–Trinajstić information content (AvgIpc) is 2.38. The van der Waals surface area contributed by atoms with Crippen molar-refractivity contribution in [2.24, 2.45) is 0 Å². The van der Waals surface area contributed by atoms with E-state index in [-0.39, 0.29) is 0 Å². The van der Waals surface area contributed by atoms with Crippen LogP contribution in [0.5, 0.6) is 0 Å². The zero-order valence-corrected chi connectivity index (χ0v) is 12.5. The van der Waals surface area contributed by atoms with Crippen LogP contribution in [0, 0.1) is 5.82 Å². The Hall–Kier alpha value is -2.07. The number of carbonyl (C=O) groups is 1. The van der Waals surface area contributed by atoms with Gasteiger partial charge in [-0.3, -0.25) is 0 Å². The van der Waals surface area contributed by atoms with Crippen molar-refractivity contribution in [2.45, 2.75) is 19.4 Å². The largest absolute Gasteiger partial charge is 0.329 e. The van der Waals surface area contributed by atoms with Crippen LogP contribution in [-0.4, -0.2) is 6.03 Å². The highest BCUT2D eigenvalue weighted by atomic mass is 35.5. The highest BCUT2D eigenvalue weighted by Crippen LogP contribution is 2.22. The average molecular weight is 307 g/mol. The van der Waals surface area contributed by atoms with Gasteiger partial charge in [-0.2, -0.15) is 0 Å². The van der Waals surface area contributed by atoms with Crippen LogP contribution in [0.3, 0.4) is 0 Å². The molecule has 0 aliphatic rings. The third-order valence-electron chi connectivity index (χ3n) is 3.07. The van der Waals surface area contributed by atoms with Gasteiger partial charge in [0.2, 0.25) is 0 Å². The molecule has 21 heavy (non-hydrogen) atoms. The summed E-state index contributed by atoms with van der Waals surface area (Å²) in [6.07, 6.45) is 0. The normalized spacial score (nSPS) is 11.0. The molecule has 2 aromatic carbocycles. The van der Waals surface area contributed by atoms with E-state index in [0.717, 1.165) is 5.56 Å². The van der Waals surface area contributed by atoms with Gasteiger partial charge in [-0.05, 0) is 49.7 Å². The highest BCUT2D eigenvalue weighted by Gasteiger charge is 2.22. The van der Waals surface area contributed by atoms with Crippen molar-refractivity contribution in [3.05, 3.63) is 64.9 Å². The van der Waals surface area contributed by atoms with Crippen LogP contribution in [0.1, 0.15) is 19.4 Å². The molecule has 0 saturated heterocycles. The third-order valence-corrected chi connectivity index (χ3v) is 3.33. The van der Waals surface area contributed by atoms with Gasteiger partial charge in [0, 0.05) is 10.7 Å². The number of anilines is 1. The topological polar surface area (TPSA) is 41.1 Å². The number of rotatable bonds is 3. The van der Waals surface area contributed by atoms with Gasteiger partial charge in [-0.25, -0.2) is 9.18 Å². The Bertz CT molecular complexity index is 641. The fourth-order valence-electron chi connectivity index (χ4n) is 1.95. The van der Waals surface area contributed by atoms with E-state index in [2.05, 4.69) is 10.6 Å². The van der Waals surface area contributed by atoms with Crippen molar-refractivity contribution in [1.82, 2.24) is 5.32 Å². The number of carbonyl (C=O) groups excluding carboxylic acids is 1. The molecule has 0 saturated carbocycles. The number of benzene rings is 2. The van der Waals surface area contributed by atoms with Gasteiger partial charge >= 0.3 is 6.03 Å². The molecule has 2 rings (SSSR count). The maximum Gasteiger partial charge on any atom is 0.319 e. The van der Waals surface area contributed by atoms with E-state index in [9.17, 15) is 9.18 Å². The zero-order chi connectivity index (χ0) is 15.5. The van der Waals surface area contributed by atoms with E-state index in [1.54, 1.807) is 18.2 Å². The molecule has 2 N–H and O–H groups in total. The van der Waals surface area contributed by atoms with Gasteiger partial charge in [0.1, 0.15) is 5.82 Å². The zero-order valence-electron chi connectivity index (χ0n) is 11.8. The van der Waals surface area contributed by atoms with Crippen molar-refractivity contribution in [1.29, 1.82) is 0 Å². The van der Waals surface area contributed by atoms with Crippen molar-refractivity contribution in [3.8, 4) is 0 Å². The molecule has 110 valence electrons. The maximum absolute atomic E-state index is 13.1. The van der Waals surface area contributed by atoms with Crippen LogP contribution >= 0.6 is 11.6 Å². The quantitative estimate of drug-likeness (QED) is 0.859. The lowest BCUT2D eigenvalue weighted by molar-refractivity contribution is 0.242. The van der Waals surface area contributed by atoms with E-state index >= 15 is 0 Å². The molecule has 0 unspecified atom stereocenters. The van der Waals surface area contributed by atoms with Crippen molar-refractivity contribution < 1.29 is 9.18 Å². The molecule has 0 spiro atoms. The Morgan fingerprint density at radius 1 is 1.14 bits per heavy atom. The van der Waals surface area contributed by atoms with Crippen LogP contribution in [0.2, 0.25) is 5.02 Å². The molecule has 0 bridgehead atoms. The number of urea groups is 1. The molecule has 2 aromatic rings. The first-order valence-electron chi connectivity index (χ1n) is 6.47. The van der Waals surface area contributed by atoms with Crippen LogP contribution in [-0.2, 0) is 5.54 Å². The van der Waals surface area contributed by atoms with E-state index < -0.39 is 17.4 Å². The SMILES string of the molecule is CC(C)(NC(=O)Nc1cccc(F)c1)c1ccc(Cl)cc1. The van der Waals surface area contributed by atoms with Crippen LogP contribution in [0.15, 0.2) is 48.5 Å². The number of amides is 2. The summed E-state index contributed by atoms with van der Waals surface area (Å²) in [5.74, 6) is -0.398. The van der Waals surface area contributed by atoms with Crippen LogP contribution in [0.25, 0.3) is 0 Å². The molecule has 0 aliphatic heterocycles. The molecule has 2 amide bonds. The second-order valence-electron chi connectivity index (χ2n) is 5.22. The predicted molar refractivity (Wildman–Crippen MR) is 83.0 cm³/mol. The minimum Gasteiger partial charge on any atom is -0.329 e. The lowest BCUT2D eigenvalue weighted by Gasteiger charge is -2.27. The van der Waals surface area contributed by atoms with Crippen molar-refractivity contribution in [2.75, 3.05) is 5.32 Å². The summed E-state index contributed by atoms with van der Waals surface area (Å²) in [5, 5.41) is 6.09. The van der Waals surface area contributed by atoms with Gasteiger partial charge in [0.25, 0.3) is 0 Å². The van der Waals surface area contributed by atoms with E-state index in [1.807, 2.05) is 26.0 Å². The number of nitrogens with one attached hydrogen (secondary N) is 2. The summed E-state index contributed by atoms with van der Waals surface area (Å²) < 4.78 is 13.1. The summed E-state index contributed by atoms with van der Waals surface area (Å²) in [5.41, 5.74) is 0.739. The Morgan fingerprint density at radius 3 is 2.43 bits per heavy atom. The number of hydrogen-bond acceptors (Lipinski definition) is 1. The van der Waals surface area contributed by atoms with E-state index in [0.29, 0.717) is 10.7 Å². The first kappa shape index (κ1) is 15.3. The Labute approximate surface area is 128 Å². The van der Waals surface area contributed by atoms with Gasteiger partial charge in [0.15, 0.2) is 0 Å². The summed E-state index contributed by atoms with van der Waals surface area (Å²) in [7, 11) is 0. The Balaban J connectivity index is 2.05. The fourth-order valence-corrected chi connectivity index (χ4v) is 2.08. The highest BCUT2D eigenvalue weighted by molar-refractivity contribution is 6.30. The van der Waals surface area contributed by atoms with E-state index in [1.165, 1.54) is 18.2 Å². The summed E-state index contributed by atoms with van der Waals surface area (Å²) in [6.45, 7) is 3.75. The molecule has 5 heteroatoms. The van der Waals surface area contributed by atoms with Crippen LogP contribution in [0.4, 0.5) is 14.9 Å². The van der Waals surface area contributed by atoms with Gasteiger partial charge in [-0.1, -0.05) is 29.8 Å². The molecule has 0 aromatic heterocycles. The monoisotopic (exact) mass is 306 g/mol. The Morgan fingerprint density at radius 2 is 1.81 bits per heavy atom. The summed E-state index contributed by atoms with van der Waals surface area (Å²) in [6, 6.07) is 12.6. The minimum atomic E-state index is -0.581. The molecule has 0 aliphatic carbocycles. The summed E-state index contributed by atoms with van der Waals surface area (Å²) >= 11 is 5.85. The molecule has 3 nitrogen and oxygen atoms in total. The number of hydrogen-bond donors (Lipinski definition) is 2. The van der Waals surface area contributed by atoms with Crippen molar-refractivity contribution >= 4 is 23.3 Å².